The summed E-state index contributed by atoms with van der Waals surface area (Å²) >= 11 is 0. The molecule has 6 nitrogen and oxygen atoms in total. The second-order valence-corrected chi connectivity index (χ2v) is 3.55. The van der Waals surface area contributed by atoms with Crippen molar-refractivity contribution in [2.75, 3.05) is 13.1 Å². The summed E-state index contributed by atoms with van der Waals surface area (Å²) in [5.41, 5.74) is 5.93. The van der Waals surface area contributed by atoms with Gasteiger partial charge in [0.05, 0.1) is 0 Å². The van der Waals surface area contributed by atoms with Crippen LogP contribution in [0.25, 0.3) is 0 Å². The number of nitrogens with one attached hydrogen (secondary N) is 2. The molecule has 0 heterocycles. The molecule has 0 radical (unpaired) electrons. The van der Waals surface area contributed by atoms with E-state index >= 15 is 0 Å². The van der Waals surface area contributed by atoms with E-state index in [0.29, 0.717) is 11.1 Å². The fraction of sp³-hybridized carbons (Fsp3) is 0.273. The zero-order valence-corrected chi connectivity index (χ0v) is 9.49. The zero-order chi connectivity index (χ0) is 12.8. The summed E-state index contributed by atoms with van der Waals surface area (Å²) in [4.78, 5) is 21.9. The third kappa shape index (κ3) is 4.02. The van der Waals surface area contributed by atoms with Gasteiger partial charge in [0.1, 0.15) is 5.75 Å². The van der Waals surface area contributed by atoms with Crippen molar-refractivity contribution in [1.82, 2.24) is 10.6 Å². The third-order valence-electron chi connectivity index (χ3n) is 2.18. The van der Waals surface area contributed by atoms with E-state index in [1.807, 2.05) is 0 Å². The van der Waals surface area contributed by atoms with Crippen LogP contribution in [0, 0.1) is 6.92 Å². The lowest BCUT2D eigenvalue weighted by molar-refractivity contribution is 0.0953. The molecule has 0 saturated heterocycles. The average molecular weight is 237 g/mol. The van der Waals surface area contributed by atoms with Gasteiger partial charge < -0.3 is 21.5 Å². The highest BCUT2D eigenvalue weighted by Crippen LogP contribution is 2.17. The van der Waals surface area contributed by atoms with Gasteiger partial charge in [0.2, 0.25) is 0 Å². The number of carbonyl (C=O) groups excluding carboxylic acids is 2. The first-order chi connectivity index (χ1) is 8.00. The summed E-state index contributed by atoms with van der Waals surface area (Å²) in [6.07, 6.45) is 0. The lowest BCUT2D eigenvalue weighted by Gasteiger charge is -2.06. The molecule has 5 N–H and O–H groups in total. The highest BCUT2D eigenvalue weighted by atomic mass is 16.3. The highest BCUT2D eigenvalue weighted by Gasteiger charge is 2.06. The van der Waals surface area contributed by atoms with Crippen molar-refractivity contribution in [3.63, 3.8) is 0 Å². The number of aryl methyl sites for hydroxylation is 1. The molecule has 1 aromatic rings. The van der Waals surface area contributed by atoms with Crippen LogP contribution in [0.1, 0.15) is 15.9 Å². The van der Waals surface area contributed by atoms with Crippen LogP contribution in [0.3, 0.4) is 0 Å². The molecule has 0 aliphatic heterocycles. The molecule has 0 bridgehead atoms. The number of hydrogen-bond donors (Lipinski definition) is 4. The van der Waals surface area contributed by atoms with Crippen molar-refractivity contribution in [2.24, 2.45) is 5.73 Å². The third-order valence-corrected chi connectivity index (χ3v) is 2.18. The fourth-order valence-electron chi connectivity index (χ4n) is 1.21. The minimum Gasteiger partial charge on any atom is -0.508 e. The molecule has 3 amide bonds. The maximum Gasteiger partial charge on any atom is 0.312 e. The monoisotopic (exact) mass is 237 g/mol. The molecule has 0 saturated carbocycles. The number of primary amides is 1. The number of phenols is 1. The summed E-state index contributed by atoms with van der Waals surface area (Å²) in [5, 5.41) is 14.4. The summed E-state index contributed by atoms with van der Waals surface area (Å²) < 4.78 is 0. The molecule has 0 unspecified atom stereocenters. The van der Waals surface area contributed by atoms with Crippen molar-refractivity contribution in [3.8, 4) is 5.75 Å². The minimum absolute atomic E-state index is 0.0768. The predicted molar refractivity (Wildman–Crippen MR) is 62.8 cm³/mol. The minimum atomic E-state index is -0.632. The van der Waals surface area contributed by atoms with Gasteiger partial charge in [-0.1, -0.05) is 6.07 Å². The Balaban J connectivity index is 2.47. The van der Waals surface area contributed by atoms with E-state index in [0.717, 1.165) is 0 Å². The number of urea groups is 1. The fourth-order valence-corrected chi connectivity index (χ4v) is 1.21. The van der Waals surface area contributed by atoms with E-state index in [-0.39, 0.29) is 24.7 Å². The number of amides is 3. The van der Waals surface area contributed by atoms with Gasteiger partial charge in [0, 0.05) is 18.7 Å². The molecule has 0 aliphatic carbocycles. The van der Waals surface area contributed by atoms with Gasteiger partial charge in [-0.05, 0) is 24.6 Å². The molecule has 0 aliphatic rings. The van der Waals surface area contributed by atoms with Gasteiger partial charge in [-0.3, -0.25) is 4.79 Å². The second-order valence-electron chi connectivity index (χ2n) is 3.55. The summed E-state index contributed by atoms with van der Waals surface area (Å²) in [5.74, 6) is -0.237. The standard InChI is InChI=1S/C11H15N3O3/c1-7-2-3-8(6-9(7)15)10(16)13-4-5-14-11(12)17/h2-3,6,15H,4-5H2,1H3,(H,13,16)(H3,12,14,17). The Kier molecular flexibility index (Phi) is 4.33. The first kappa shape index (κ1) is 12.8. The van der Waals surface area contributed by atoms with Crippen molar-refractivity contribution in [2.45, 2.75) is 6.92 Å². The molecule has 92 valence electrons. The van der Waals surface area contributed by atoms with Crippen molar-refractivity contribution < 1.29 is 14.7 Å². The number of nitrogens with two attached hydrogens (primary N) is 1. The quantitative estimate of drug-likeness (QED) is 0.558. The molecule has 0 spiro atoms. The van der Waals surface area contributed by atoms with Crippen LogP contribution in [0.4, 0.5) is 4.79 Å². The van der Waals surface area contributed by atoms with Crippen molar-refractivity contribution in [3.05, 3.63) is 29.3 Å². The Hall–Kier alpha value is -2.24. The van der Waals surface area contributed by atoms with E-state index in [4.69, 9.17) is 5.73 Å². The van der Waals surface area contributed by atoms with Gasteiger partial charge in [-0.2, -0.15) is 0 Å². The predicted octanol–water partition coefficient (Wildman–Crippen LogP) is 0.0987. The van der Waals surface area contributed by atoms with Gasteiger partial charge in [-0.25, -0.2) is 4.79 Å². The molecule has 1 rings (SSSR count). The molecule has 0 atom stereocenters. The van der Waals surface area contributed by atoms with E-state index in [1.54, 1.807) is 19.1 Å². The number of aromatic hydroxyl groups is 1. The molecular formula is C11H15N3O3. The van der Waals surface area contributed by atoms with Crippen LogP contribution in [0.2, 0.25) is 0 Å². The molecule has 0 fully saturated rings. The van der Waals surface area contributed by atoms with Crippen molar-refractivity contribution >= 4 is 11.9 Å². The maximum absolute atomic E-state index is 11.6. The highest BCUT2D eigenvalue weighted by molar-refractivity contribution is 5.94. The van der Waals surface area contributed by atoms with Crippen molar-refractivity contribution in [1.29, 1.82) is 0 Å². The largest absolute Gasteiger partial charge is 0.508 e. The Morgan fingerprint density at radius 3 is 2.53 bits per heavy atom. The second kappa shape index (κ2) is 5.74. The average Bonchev–Trinajstić information content (AvgIpc) is 2.27. The Bertz CT molecular complexity index is 432. The van der Waals surface area contributed by atoms with Gasteiger partial charge in [0.25, 0.3) is 5.91 Å². The lowest BCUT2D eigenvalue weighted by atomic mass is 10.1. The van der Waals surface area contributed by atoms with Crippen LogP contribution < -0.4 is 16.4 Å². The number of benzene rings is 1. The Labute approximate surface area is 98.8 Å². The van der Waals surface area contributed by atoms with Crippen LogP contribution in [-0.4, -0.2) is 30.1 Å². The first-order valence-corrected chi connectivity index (χ1v) is 5.12. The van der Waals surface area contributed by atoms with Gasteiger partial charge in [-0.15, -0.1) is 0 Å². The molecule has 6 heteroatoms. The first-order valence-electron chi connectivity index (χ1n) is 5.12. The van der Waals surface area contributed by atoms with Crippen LogP contribution in [0.15, 0.2) is 18.2 Å². The summed E-state index contributed by atoms with van der Waals surface area (Å²) in [6.45, 7) is 2.28. The normalized spacial score (nSPS) is 9.71. The van der Waals surface area contributed by atoms with Crippen LogP contribution >= 0.6 is 0 Å². The molecular weight excluding hydrogens is 222 g/mol. The van der Waals surface area contributed by atoms with Gasteiger partial charge in [0.15, 0.2) is 0 Å². The van der Waals surface area contributed by atoms with E-state index in [9.17, 15) is 14.7 Å². The Morgan fingerprint density at radius 2 is 1.94 bits per heavy atom. The summed E-state index contributed by atoms with van der Waals surface area (Å²) in [7, 11) is 0. The lowest BCUT2D eigenvalue weighted by Crippen LogP contribution is -2.37. The summed E-state index contributed by atoms with van der Waals surface area (Å²) in [6, 6.07) is 4.04. The zero-order valence-electron chi connectivity index (χ0n) is 9.49. The SMILES string of the molecule is Cc1ccc(C(=O)NCCNC(N)=O)cc1O. The molecule has 17 heavy (non-hydrogen) atoms. The maximum atomic E-state index is 11.6. The Morgan fingerprint density at radius 1 is 1.29 bits per heavy atom. The number of rotatable bonds is 4. The van der Waals surface area contributed by atoms with E-state index < -0.39 is 6.03 Å². The van der Waals surface area contributed by atoms with Gasteiger partial charge >= 0.3 is 6.03 Å². The molecule has 1 aromatic carbocycles. The van der Waals surface area contributed by atoms with E-state index in [2.05, 4.69) is 10.6 Å². The van der Waals surface area contributed by atoms with Crippen LogP contribution in [-0.2, 0) is 0 Å². The topological polar surface area (TPSA) is 104 Å². The smallest absolute Gasteiger partial charge is 0.312 e. The van der Waals surface area contributed by atoms with Crippen LogP contribution in [0.5, 0.6) is 5.75 Å². The molecule has 0 aromatic heterocycles. The number of hydrogen-bond acceptors (Lipinski definition) is 3. The number of phenolic OH excluding ortho intramolecular Hbond substituents is 1. The van der Waals surface area contributed by atoms with E-state index in [1.165, 1.54) is 6.07 Å². The number of carbonyl (C=O) groups is 2.